The molecule has 1 aliphatic carbocycles. The highest BCUT2D eigenvalue weighted by Gasteiger charge is 2.35. The molecular weight excluding hydrogens is 256 g/mol. The molecule has 1 saturated carbocycles. The molecule has 2 rings (SSSR count). The normalized spacial score (nSPS) is 21.6. The molecule has 1 fully saturated rings. The summed E-state index contributed by atoms with van der Waals surface area (Å²) in [5, 5.41) is 9.01. The van der Waals surface area contributed by atoms with Crippen molar-refractivity contribution < 1.29 is 14.7 Å². The van der Waals surface area contributed by atoms with E-state index >= 15 is 0 Å². The number of carboxylic acid groups (broad SMARTS) is 1. The number of carbonyl (C=O) groups is 2. The molecule has 1 heterocycles. The third-order valence-electron chi connectivity index (χ3n) is 3.90. The molecule has 1 aliphatic rings. The molecule has 2 atom stereocenters. The lowest BCUT2D eigenvalue weighted by atomic mass is 10.0. The molecular formula is C15H20N2O3. The van der Waals surface area contributed by atoms with Crippen LogP contribution in [0.5, 0.6) is 0 Å². The van der Waals surface area contributed by atoms with Gasteiger partial charge < -0.3 is 10.0 Å². The second-order valence-electron chi connectivity index (χ2n) is 5.22. The van der Waals surface area contributed by atoms with Gasteiger partial charge in [-0.05, 0) is 38.3 Å². The number of rotatable bonds is 5. The van der Waals surface area contributed by atoms with E-state index in [0.29, 0.717) is 32.4 Å². The molecule has 1 aromatic heterocycles. The number of carbonyl (C=O) groups excluding carboxylic acids is 1. The maximum Gasteiger partial charge on any atom is 0.306 e. The van der Waals surface area contributed by atoms with Gasteiger partial charge in [0.05, 0.1) is 18.2 Å². The van der Waals surface area contributed by atoms with E-state index < -0.39 is 5.97 Å². The van der Waals surface area contributed by atoms with E-state index in [0.717, 1.165) is 5.69 Å². The first-order valence-corrected chi connectivity index (χ1v) is 7.03. The van der Waals surface area contributed by atoms with Crippen molar-refractivity contribution >= 4 is 11.9 Å². The van der Waals surface area contributed by atoms with Crippen LogP contribution in [-0.4, -0.2) is 33.4 Å². The molecule has 1 N–H and O–H groups in total. The van der Waals surface area contributed by atoms with Crippen LogP contribution >= 0.6 is 0 Å². The van der Waals surface area contributed by atoms with Gasteiger partial charge in [-0.2, -0.15) is 0 Å². The van der Waals surface area contributed by atoms with E-state index in [1.807, 2.05) is 25.1 Å². The lowest BCUT2D eigenvalue weighted by Crippen LogP contribution is -2.35. The summed E-state index contributed by atoms with van der Waals surface area (Å²) in [5.74, 6) is -1.24. The van der Waals surface area contributed by atoms with Crippen LogP contribution in [-0.2, 0) is 16.1 Å². The Balaban J connectivity index is 1.98. The van der Waals surface area contributed by atoms with Crippen LogP contribution in [0.3, 0.4) is 0 Å². The Labute approximate surface area is 118 Å². The van der Waals surface area contributed by atoms with Crippen LogP contribution < -0.4 is 0 Å². The van der Waals surface area contributed by atoms with Gasteiger partial charge in [0.1, 0.15) is 0 Å². The molecule has 5 nitrogen and oxygen atoms in total. The maximum atomic E-state index is 12.5. The van der Waals surface area contributed by atoms with Crippen molar-refractivity contribution in [2.24, 2.45) is 11.8 Å². The van der Waals surface area contributed by atoms with Gasteiger partial charge in [-0.15, -0.1) is 0 Å². The van der Waals surface area contributed by atoms with Gasteiger partial charge in [0, 0.05) is 18.7 Å². The first-order chi connectivity index (χ1) is 9.61. The minimum atomic E-state index is -0.784. The number of nitrogens with zero attached hydrogens (tertiary/aromatic N) is 2. The van der Waals surface area contributed by atoms with Crippen molar-refractivity contribution in [1.29, 1.82) is 0 Å². The molecule has 0 radical (unpaired) electrons. The second-order valence-corrected chi connectivity index (χ2v) is 5.22. The van der Waals surface area contributed by atoms with E-state index in [2.05, 4.69) is 4.98 Å². The monoisotopic (exact) mass is 276 g/mol. The number of aliphatic carboxylic acids is 1. The summed E-state index contributed by atoms with van der Waals surface area (Å²) >= 11 is 0. The third-order valence-corrected chi connectivity index (χ3v) is 3.90. The maximum absolute atomic E-state index is 12.5. The zero-order valence-electron chi connectivity index (χ0n) is 11.7. The van der Waals surface area contributed by atoms with E-state index in [1.165, 1.54) is 0 Å². The minimum absolute atomic E-state index is 0.0573. The third kappa shape index (κ3) is 3.35. The molecule has 1 aromatic rings. The fourth-order valence-corrected chi connectivity index (χ4v) is 2.72. The predicted octanol–water partition coefficient (Wildman–Crippen LogP) is 1.93. The Bertz CT molecular complexity index is 475. The van der Waals surface area contributed by atoms with Gasteiger partial charge in [-0.25, -0.2) is 0 Å². The van der Waals surface area contributed by atoms with E-state index in [1.54, 1.807) is 11.1 Å². The molecule has 0 aliphatic heterocycles. The first kappa shape index (κ1) is 14.5. The van der Waals surface area contributed by atoms with Crippen LogP contribution in [0.15, 0.2) is 24.4 Å². The average Bonchev–Trinajstić information content (AvgIpc) is 2.95. The molecule has 0 aromatic carbocycles. The lowest BCUT2D eigenvalue weighted by molar-refractivity contribution is -0.141. The molecule has 0 bridgehead atoms. The molecule has 20 heavy (non-hydrogen) atoms. The summed E-state index contributed by atoms with van der Waals surface area (Å²) in [5.41, 5.74) is 0.857. The number of hydrogen-bond donors (Lipinski definition) is 1. The summed E-state index contributed by atoms with van der Waals surface area (Å²) in [6.07, 6.45) is 3.46. The van der Waals surface area contributed by atoms with E-state index in [-0.39, 0.29) is 17.7 Å². The molecule has 0 spiro atoms. The van der Waals surface area contributed by atoms with Gasteiger partial charge >= 0.3 is 5.97 Å². The highest BCUT2D eigenvalue weighted by atomic mass is 16.4. The summed E-state index contributed by atoms with van der Waals surface area (Å²) in [6, 6.07) is 5.64. The van der Waals surface area contributed by atoms with Crippen molar-refractivity contribution in [3.63, 3.8) is 0 Å². The molecule has 2 unspecified atom stereocenters. The summed E-state index contributed by atoms with van der Waals surface area (Å²) in [7, 11) is 0. The van der Waals surface area contributed by atoms with Crippen LogP contribution in [0.2, 0.25) is 0 Å². The average molecular weight is 276 g/mol. The lowest BCUT2D eigenvalue weighted by Gasteiger charge is -2.24. The number of amides is 1. The predicted molar refractivity (Wildman–Crippen MR) is 73.8 cm³/mol. The molecule has 108 valence electrons. The van der Waals surface area contributed by atoms with E-state index in [9.17, 15) is 9.59 Å². The number of pyridine rings is 1. The number of hydrogen-bond acceptors (Lipinski definition) is 3. The Morgan fingerprint density at radius 3 is 2.65 bits per heavy atom. The Morgan fingerprint density at radius 2 is 2.10 bits per heavy atom. The Hall–Kier alpha value is -1.91. The van der Waals surface area contributed by atoms with Crippen molar-refractivity contribution in [3.05, 3.63) is 30.1 Å². The summed E-state index contributed by atoms with van der Waals surface area (Å²) < 4.78 is 0. The van der Waals surface area contributed by atoms with Crippen LogP contribution in [0, 0.1) is 11.8 Å². The standard InChI is InChI=1S/C15H20N2O3/c1-2-17(10-13-5-3-4-8-16-13)14(18)11-6-7-12(9-11)15(19)20/h3-5,8,11-12H,2,6-7,9-10H2,1H3,(H,19,20). The Morgan fingerprint density at radius 1 is 1.35 bits per heavy atom. The van der Waals surface area contributed by atoms with E-state index in [4.69, 9.17) is 5.11 Å². The quantitative estimate of drug-likeness (QED) is 0.892. The van der Waals surface area contributed by atoms with Crippen molar-refractivity contribution in [1.82, 2.24) is 9.88 Å². The molecule has 1 amide bonds. The van der Waals surface area contributed by atoms with Gasteiger partial charge in [-0.1, -0.05) is 6.07 Å². The van der Waals surface area contributed by atoms with Crippen molar-refractivity contribution in [3.8, 4) is 0 Å². The zero-order valence-corrected chi connectivity index (χ0v) is 11.7. The molecule has 5 heteroatoms. The smallest absolute Gasteiger partial charge is 0.306 e. The largest absolute Gasteiger partial charge is 0.481 e. The SMILES string of the molecule is CCN(Cc1ccccn1)C(=O)C1CCC(C(=O)O)C1. The van der Waals surface area contributed by atoms with Gasteiger partial charge in [-0.3, -0.25) is 14.6 Å². The van der Waals surface area contributed by atoms with Crippen molar-refractivity contribution in [2.75, 3.05) is 6.54 Å². The first-order valence-electron chi connectivity index (χ1n) is 7.03. The minimum Gasteiger partial charge on any atom is -0.481 e. The second kappa shape index (κ2) is 6.50. The highest BCUT2D eigenvalue weighted by molar-refractivity contribution is 5.81. The van der Waals surface area contributed by atoms with Crippen LogP contribution in [0.25, 0.3) is 0 Å². The summed E-state index contributed by atoms with van der Waals surface area (Å²) in [6.45, 7) is 3.04. The number of carboxylic acids is 1. The van der Waals surface area contributed by atoms with Crippen molar-refractivity contribution in [2.45, 2.75) is 32.7 Å². The summed E-state index contributed by atoms with van der Waals surface area (Å²) in [4.78, 5) is 29.4. The van der Waals surface area contributed by atoms with Gasteiger partial charge in [0.25, 0.3) is 0 Å². The number of aromatic nitrogens is 1. The Kier molecular flexibility index (Phi) is 4.71. The van der Waals surface area contributed by atoms with Crippen LogP contribution in [0.4, 0.5) is 0 Å². The highest BCUT2D eigenvalue weighted by Crippen LogP contribution is 2.32. The topological polar surface area (TPSA) is 70.5 Å². The van der Waals surface area contributed by atoms with Gasteiger partial charge in [0.2, 0.25) is 5.91 Å². The van der Waals surface area contributed by atoms with Gasteiger partial charge in [0.15, 0.2) is 0 Å². The fourth-order valence-electron chi connectivity index (χ4n) is 2.72. The fraction of sp³-hybridized carbons (Fsp3) is 0.533. The van der Waals surface area contributed by atoms with Crippen LogP contribution in [0.1, 0.15) is 31.9 Å². The zero-order chi connectivity index (χ0) is 14.5. The molecule has 0 saturated heterocycles.